The summed E-state index contributed by atoms with van der Waals surface area (Å²) >= 11 is 0. The lowest BCUT2D eigenvalue weighted by molar-refractivity contribution is -0.149. The molecule has 2 saturated heterocycles. The Balaban J connectivity index is 2.05. The Labute approximate surface area is 70.5 Å². The zero-order chi connectivity index (χ0) is 8.55. The van der Waals surface area contributed by atoms with Crippen LogP contribution in [-0.4, -0.2) is 37.0 Å². The molecular weight excluding hydrogens is 160 g/mol. The van der Waals surface area contributed by atoms with Crippen molar-refractivity contribution in [3.05, 3.63) is 0 Å². The van der Waals surface area contributed by atoms with Crippen LogP contribution in [0.15, 0.2) is 0 Å². The van der Waals surface area contributed by atoms with E-state index in [0.29, 0.717) is 25.7 Å². The average Bonchev–Trinajstić information content (AvgIpc) is 2.47. The molecule has 12 heavy (non-hydrogen) atoms. The molecule has 2 aliphatic heterocycles. The second kappa shape index (κ2) is 3.03. The summed E-state index contributed by atoms with van der Waals surface area (Å²) in [7, 11) is 0. The van der Waals surface area contributed by atoms with Crippen molar-refractivity contribution in [2.75, 3.05) is 19.8 Å². The Bertz CT molecular complexity index is 191. The third kappa shape index (κ3) is 1.21. The highest BCUT2D eigenvalue weighted by Gasteiger charge is 2.42. The van der Waals surface area contributed by atoms with E-state index < -0.39 is 12.1 Å². The van der Waals surface area contributed by atoms with Crippen LogP contribution in [0.1, 0.15) is 6.42 Å². The molecule has 4 heteroatoms. The predicted molar refractivity (Wildman–Crippen MR) is 39.8 cm³/mol. The number of carboxylic acids is 1. The van der Waals surface area contributed by atoms with E-state index in [1.807, 2.05) is 0 Å². The summed E-state index contributed by atoms with van der Waals surface area (Å²) in [6.45, 7) is 1.88. The minimum absolute atomic E-state index is 0.177. The minimum Gasteiger partial charge on any atom is -0.479 e. The molecule has 0 radical (unpaired) electrons. The molecule has 0 unspecified atom stereocenters. The van der Waals surface area contributed by atoms with Gasteiger partial charge in [0, 0.05) is 18.4 Å². The fourth-order valence-electron chi connectivity index (χ4n) is 1.99. The molecule has 0 aliphatic carbocycles. The number of rotatable bonds is 1. The number of fused-ring (bicyclic) bond motifs is 1. The molecular formula is C8H12O4. The molecule has 0 aromatic heterocycles. The van der Waals surface area contributed by atoms with E-state index in [2.05, 4.69) is 0 Å². The summed E-state index contributed by atoms with van der Waals surface area (Å²) in [5.41, 5.74) is 0. The van der Waals surface area contributed by atoms with Gasteiger partial charge in [0.25, 0.3) is 0 Å². The van der Waals surface area contributed by atoms with Crippen molar-refractivity contribution in [3.8, 4) is 0 Å². The topological polar surface area (TPSA) is 55.8 Å². The van der Waals surface area contributed by atoms with Crippen molar-refractivity contribution >= 4 is 5.97 Å². The van der Waals surface area contributed by atoms with Crippen molar-refractivity contribution in [1.82, 2.24) is 0 Å². The Morgan fingerprint density at radius 3 is 3.00 bits per heavy atom. The maximum atomic E-state index is 10.7. The second-order valence-corrected chi connectivity index (χ2v) is 3.38. The van der Waals surface area contributed by atoms with Crippen LogP contribution in [0, 0.1) is 11.8 Å². The van der Waals surface area contributed by atoms with Gasteiger partial charge in [0.05, 0.1) is 13.2 Å². The molecule has 2 heterocycles. The van der Waals surface area contributed by atoms with Gasteiger partial charge in [-0.25, -0.2) is 4.79 Å². The van der Waals surface area contributed by atoms with Gasteiger partial charge in [0.1, 0.15) is 0 Å². The molecule has 3 atom stereocenters. The van der Waals surface area contributed by atoms with E-state index in [4.69, 9.17) is 14.6 Å². The van der Waals surface area contributed by atoms with E-state index >= 15 is 0 Å². The maximum Gasteiger partial charge on any atom is 0.333 e. The Hall–Kier alpha value is -0.610. The molecule has 0 aromatic rings. The summed E-state index contributed by atoms with van der Waals surface area (Å²) in [5, 5.41) is 8.79. The van der Waals surface area contributed by atoms with E-state index in [-0.39, 0.29) is 5.92 Å². The van der Waals surface area contributed by atoms with Crippen LogP contribution >= 0.6 is 0 Å². The van der Waals surface area contributed by atoms with Gasteiger partial charge < -0.3 is 14.6 Å². The van der Waals surface area contributed by atoms with Gasteiger partial charge in [0.2, 0.25) is 0 Å². The lowest BCUT2D eigenvalue weighted by Crippen LogP contribution is -2.34. The summed E-state index contributed by atoms with van der Waals surface area (Å²) in [4.78, 5) is 10.7. The van der Waals surface area contributed by atoms with Gasteiger partial charge in [-0.3, -0.25) is 0 Å². The zero-order valence-electron chi connectivity index (χ0n) is 6.73. The summed E-state index contributed by atoms with van der Waals surface area (Å²) in [6.07, 6.45) is 0.237. The Kier molecular flexibility index (Phi) is 2.02. The molecule has 0 spiro atoms. The first-order valence-corrected chi connectivity index (χ1v) is 4.21. The molecule has 0 aromatic carbocycles. The molecule has 2 aliphatic rings. The highest BCUT2D eigenvalue weighted by atomic mass is 16.5. The molecule has 4 nitrogen and oxygen atoms in total. The number of ether oxygens (including phenoxy) is 2. The summed E-state index contributed by atoms with van der Waals surface area (Å²) < 4.78 is 10.4. The van der Waals surface area contributed by atoms with E-state index in [9.17, 15) is 4.79 Å². The first-order chi connectivity index (χ1) is 5.79. The van der Waals surface area contributed by atoms with Crippen LogP contribution in [0.2, 0.25) is 0 Å². The standard InChI is InChI=1S/C8H12O4/c9-8(10)7-6-1-2-11-3-5(6)4-12-7/h5-7H,1-4H2,(H,9,10)/t5-,6+,7+/m0/s1. The van der Waals surface area contributed by atoms with Crippen molar-refractivity contribution in [1.29, 1.82) is 0 Å². The van der Waals surface area contributed by atoms with Crippen molar-refractivity contribution in [3.63, 3.8) is 0 Å². The first-order valence-electron chi connectivity index (χ1n) is 4.21. The summed E-state index contributed by atoms with van der Waals surface area (Å²) in [5.74, 6) is -0.347. The highest BCUT2D eigenvalue weighted by Crippen LogP contribution is 2.33. The zero-order valence-corrected chi connectivity index (χ0v) is 6.73. The van der Waals surface area contributed by atoms with Crippen molar-refractivity contribution in [2.45, 2.75) is 12.5 Å². The molecule has 2 fully saturated rings. The van der Waals surface area contributed by atoms with Gasteiger partial charge >= 0.3 is 5.97 Å². The van der Waals surface area contributed by atoms with Crippen LogP contribution < -0.4 is 0 Å². The van der Waals surface area contributed by atoms with Gasteiger partial charge in [-0.2, -0.15) is 0 Å². The monoisotopic (exact) mass is 172 g/mol. The molecule has 2 rings (SSSR count). The number of aliphatic carboxylic acids is 1. The lowest BCUT2D eigenvalue weighted by Gasteiger charge is -2.25. The maximum absolute atomic E-state index is 10.7. The molecule has 0 amide bonds. The molecule has 1 N–H and O–H groups in total. The predicted octanol–water partition coefficient (Wildman–Crippen LogP) is 0.122. The van der Waals surface area contributed by atoms with Crippen LogP contribution in [0.4, 0.5) is 0 Å². The van der Waals surface area contributed by atoms with Crippen molar-refractivity contribution in [2.24, 2.45) is 11.8 Å². The normalized spacial score (nSPS) is 40.8. The van der Waals surface area contributed by atoms with E-state index in [1.54, 1.807) is 0 Å². The Morgan fingerprint density at radius 1 is 1.42 bits per heavy atom. The molecule has 68 valence electrons. The van der Waals surface area contributed by atoms with E-state index in [0.717, 1.165) is 6.42 Å². The van der Waals surface area contributed by atoms with Gasteiger partial charge in [-0.15, -0.1) is 0 Å². The minimum atomic E-state index is -0.829. The van der Waals surface area contributed by atoms with Crippen LogP contribution in [0.25, 0.3) is 0 Å². The third-order valence-electron chi connectivity index (χ3n) is 2.66. The number of hydrogen-bond donors (Lipinski definition) is 1. The second-order valence-electron chi connectivity index (χ2n) is 3.38. The number of hydrogen-bond acceptors (Lipinski definition) is 3. The first kappa shape index (κ1) is 8.01. The van der Waals surface area contributed by atoms with Gasteiger partial charge in [-0.1, -0.05) is 0 Å². The van der Waals surface area contributed by atoms with Crippen molar-refractivity contribution < 1.29 is 19.4 Å². The van der Waals surface area contributed by atoms with Gasteiger partial charge in [-0.05, 0) is 6.42 Å². The number of carbonyl (C=O) groups is 1. The van der Waals surface area contributed by atoms with Gasteiger partial charge in [0.15, 0.2) is 6.10 Å². The molecule has 0 saturated carbocycles. The highest BCUT2D eigenvalue weighted by molar-refractivity contribution is 5.73. The Morgan fingerprint density at radius 2 is 2.25 bits per heavy atom. The third-order valence-corrected chi connectivity index (χ3v) is 2.66. The lowest BCUT2D eigenvalue weighted by atomic mass is 9.87. The van der Waals surface area contributed by atoms with E-state index in [1.165, 1.54) is 0 Å². The summed E-state index contributed by atoms with van der Waals surface area (Å²) in [6, 6.07) is 0. The number of carboxylic acid groups (broad SMARTS) is 1. The SMILES string of the molecule is O=C(O)[C@@H]1OC[C@@H]2COCC[C@H]21. The van der Waals surface area contributed by atoms with Crippen LogP contribution in [0.5, 0.6) is 0 Å². The molecule has 0 bridgehead atoms. The largest absolute Gasteiger partial charge is 0.479 e. The fraction of sp³-hybridized carbons (Fsp3) is 0.875. The smallest absolute Gasteiger partial charge is 0.333 e. The quantitative estimate of drug-likeness (QED) is 0.610. The van der Waals surface area contributed by atoms with Crippen LogP contribution in [-0.2, 0) is 14.3 Å². The average molecular weight is 172 g/mol. The van der Waals surface area contributed by atoms with Crippen LogP contribution in [0.3, 0.4) is 0 Å². The fourth-order valence-corrected chi connectivity index (χ4v) is 1.99.